The molecule has 6 heteroatoms. The summed E-state index contributed by atoms with van der Waals surface area (Å²) in [5, 5.41) is 23.4. The maximum absolute atomic E-state index is 12.5. The van der Waals surface area contributed by atoms with E-state index in [0.717, 1.165) is 44.9 Å². The summed E-state index contributed by atoms with van der Waals surface area (Å²) in [6.45, 7) is 4.97. The van der Waals surface area contributed by atoms with Gasteiger partial charge in [-0.25, -0.2) is 0 Å². The van der Waals surface area contributed by atoms with Crippen LogP contribution in [-0.2, 0) is 14.3 Å². The van der Waals surface area contributed by atoms with E-state index in [4.69, 9.17) is 4.74 Å². The van der Waals surface area contributed by atoms with E-state index in [2.05, 4.69) is 43.5 Å². The molecule has 0 saturated heterocycles. The number of nitrogens with one attached hydrogen (secondary N) is 1. The minimum atomic E-state index is -0.663. The second-order valence-electron chi connectivity index (χ2n) is 25.3. The summed E-state index contributed by atoms with van der Waals surface area (Å²) < 4.78 is 5.47. The Balaban J connectivity index is 3.36. The molecular weight excluding hydrogens is 983 g/mol. The first kappa shape index (κ1) is 78.3. The summed E-state index contributed by atoms with van der Waals surface area (Å²) in [5.74, 6) is -0.0201. The Morgan fingerprint density at radius 1 is 0.338 bits per heavy atom. The van der Waals surface area contributed by atoms with Crippen molar-refractivity contribution in [3.05, 3.63) is 24.3 Å². The molecule has 0 saturated carbocycles. The van der Waals surface area contributed by atoms with Crippen molar-refractivity contribution in [2.75, 3.05) is 13.2 Å². The lowest BCUT2D eigenvalue weighted by atomic mass is 10.0. The number of aliphatic hydroxyl groups excluding tert-OH is 2. The maximum atomic E-state index is 12.5. The van der Waals surface area contributed by atoms with Gasteiger partial charge in [0, 0.05) is 12.8 Å². The van der Waals surface area contributed by atoms with Crippen LogP contribution in [0.4, 0.5) is 0 Å². The number of hydrogen-bond donors (Lipinski definition) is 3. The van der Waals surface area contributed by atoms with Crippen molar-refractivity contribution < 1.29 is 24.5 Å². The van der Waals surface area contributed by atoms with Crippen LogP contribution in [0.1, 0.15) is 412 Å². The molecule has 3 N–H and O–H groups in total. The molecule has 0 rings (SSSR count). The van der Waals surface area contributed by atoms with E-state index in [-0.39, 0.29) is 18.5 Å². The van der Waals surface area contributed by atoms with E-state index < -0.39 is 12.1 Å². The van der Waals surface area contributed by atoms with Crippen molar-refractivity contribution in [2.45, 2.75) is 424 Å². The number of amides is 1. The largest absolute Gasteiger partial charge is 0.466 e. The van der Waals surface area contributed by atoms with E-state index in [0.29, 0.717) is 25.9 Å². The Kier molecular flexibility index (Phi) is 68.4. The summed E-state index contributed by atoms with van der Waals surface area (Å²) in [7, 11) is 0. The lowest BCUT2D eigenvalue weighted by molar-refractivity contribution is -0.143. The number of allylic oxidation sites excluding steroid dienone is 4. The average molecular weight is 1130 g/mol. The van der Waals surface area contributed by atoms with Crippen LogP contribution in [0.5, 0.6) is 0 Å². The van der Waals surface area contributed by atoms with Crippen LogP contribution in [0.15, 0.2) is 24.3 Å². The van der Waals surface area contributed by atoms with Gasteiger partial charge in [-0.1, -0.05) is 346 Å². The van der Waals surface area contributed by atoms with Gasteiger partial charge >= 0.3 is 5.97 Å². The lowest BCUT2D eigenvalue weighted by Gasteiger charge is -2.22. The number of carbonyl (C=O) groups is 2. The van der Waals surface area contributed by atoms with Crippen molar-refractivity contribution in [2.24, 2.45) is 0 Å². The van der Waals surface area contributed by atoms with Gasteiger partial charge in [0.05, 0.1) is 25.4 Å². The highest BCUT2D eigenvalue weighted by molar-refractivity contribution is 5.76. The Labute approximate surface area is 501 Å². The molecule has 474 valence electrons. The number of hydrogen-bond acceptors (Lipinski definition) is 5. The smallest absolute Gasteiger partial charge is 0.305 e. The predicted molar refractivity (Wildman–Crippen MR) is 352 cm³/mol. The number of rotatable bonds is 69. The highest BCUT2D eigenvalue weighted by atomic mass is 16.5. The highest BCUT2D eigenvalue weighted by Gasteiger charge is 2.20. The van der Waals surface area contributed by atoms with E-state index in [1.54, 1.807) is 0 Å². The fourth-order valence-corrected chi connectivity index (χ4v) is 11.6. The summed E-state index contributed by atoms with van der Waals surface area (Å²) in [4.78, 5) is 24.6. The van der Waals surface area contributed by atoms with Crippen LogP contribution >= 0.6 is 0 Å². The first-order valence-electron chi connectivity index (χ1n) is 36.6. The quantitative estimate of drug-likeness (QED) is 0.0320. The van der Waals surface area contributed by atoms with Crippen LogP contribution in [0.25, 0.3) is 0 Å². The zero-order valence-corrected chi connectivity index (χ0v) is 54.3. The summed E-state index contributed by atoms with van der Waals surface area (Å²) >= 11 is 0. The van der Waals surface area contributed by atoms with Gasteiger partial charge in [0.2, 0.25) is 5.91 Å². The third-order valence-electron chi connectivity index (χ3n) is 17.2. The van der Waals surface area contributed by atoms with Gasteiger partial charge < -0.3 is 20.3 Å². The van der Waals surface area contributed by atoms with Crippen LogP contribution in [0.2, 0.25) is 0 Å². The molecule has 0 heterocycles. The van der Waals surface area contributed by atoms with E-state index in [1.807, 2.05) is 0 Å². The zero-order valence-electron chi connectivity index (χ0n) is 54.3. The summed E-state index contributed by atoms with van der Waals surface area (Å²) in [6, 6.07) is -0.540. The van der Waals surface area contributed by atoms with Gasteiger partial charge in [0.25, 0.3) is 0 Å². The second-order valence-corrected chi connectivity index (χ2v) is 25.3. The Morgan fingerprint density at radius 2 is 0.588 bits per heavy atom. The summed E-state index contributed by atoms with van der Waals surface area (Å²) in [5.41, 5.74) is 0. The molecule has 0 spiro atoms. The van der Waals surface area contributed by atoms with Gasteiger partial charge in [-0.3, -0.25) is 9.59 Å². The third-order valence-corrected chi connectivity index (χ3v) is 17.2. The Hall–Kier alpha value is -1.66. The SMILES string of the molecule is CCCCC/C=C\CCCCCCCC(=O)OCCCCCCCCCCCCCC/C=C\CCCCCCCCCCCCCCCCCC(=O)NC(CO)C(O)CCCCCCCCCCCCCCCCCCCCCC. The molecule has 2 atom stereocenters. The molecule has 0 fully saturated rings. The first-order chi connectivity index (χ1) is 39.5. The Bertz CT molecular complexity index is 1250. The monoisotopic (exact) mass is 1130 g/mol. The molecule has 80 heavy (non-hydrogen) atoms. The fraction of sp³-hybridized carbons (Fsp3) is 0.919. The standard InChI is InChI=1S/C74H143NO5/c1-3-5-7-9-11-13-15-17-18-19-20-34-37-40-43-46-50-54-58-62-66-72(77)71(70-76)75-73(78)67-63-59-55-51-47-44-41-38-35-32-30-28-26-24-22-21-23-25-27-29-31-33-36-39-42-45-49-53-57-61-65-69-80-74(79)68-64-60-56-52-48-16-14-12-10-8-6-4-2/h12,14,23,25,71-72,76-77H,3-11,13,15-22,24,26-70H2,1-2H3,(H,75,78)/b14-12-,25-23-. The van der Waals surface area contributed by atoms with Crippen molar-refractivity contribution >= 4 is 11.9 Å². The molecule has 6 nitrogen and oxygen atoms in total. The molecule has 0 aliphatic heterocycles. The van der Waals surface area contributed by atoms with Crippen molar-refractivity contribution in [3.63, 3.8) is 0 Å². The average Bonchev–Trinajstić information content (AvgIpc) is 3.46. The van der Waals surface area contributed by atoms with Crippen LogP contribution in [0.3, 0.4) is 0 Å². The number of ether oxygens (including phenoxy) is 1. The van der Waals surface area contributed by atoms with Crippen LogP contribution in [-0.4, -0.2) is 47.4 Å². The van der Waals surface area contributed by atoms with E-state index in [1.165, 1.54) is 334 Å². The zero-order chi connectivity index (χ0) is 57.8. The summed E-state index contributed by atoms with van der Waals surface area (Å²) in [6.07, 6.45) is 88.1. The molecule has 0 radical (unpaired) electrons. The fourth-order valence-electron chi connectivity index (χ4n) is 11.6. The number of esters is 1. The normalized spacial score (nSPS) is 12.6. The minimum absolute atomic E-state index is 0.00821. The van der Waals surface area contributed by atoms with Crippen molar-refractivity contribution in [1.82, 2.24) is 5.32 Å². The molecule has 0 aliphatic rings. The topological polar surface area (TPSA) is 95.9 Å². The third kappa shape index (κ3) is 65.5. The first-order valence-corrected chi connectivity index (χ1v) is 36.6. The number of unbranched alkanes of at least 4 members (excludes halogenated alkanes) is 54. The van der Waals surface area contributed by atoms with Gasteiger partial charge in [0.1, 0.15) is 0 Å². The molecule has 0 aliphatic carbocycles. The van der Waals surface area contributed by atoms with Crippen LogP contribution < -0.4 is 5.32 Å². The lowest BCUT2D eigenvalue weighted by Crippen LogP contribution is -2.45. The molecular formula is C74H143NO5. The minimum Gasteiger partial charge on any atom is -0.466 e. The number of carbonyl (C=O) groups excluding carboxylic acids is 2. The highest BCUT2D eigenvalue weighted by Crippen LogP contribution is 2.19. The van der Waals surface area contributed by atoms with Gasteiger partial charge in [0.15, 0.2) is 0 Å². The molecule has 0 bridgehead atoms. The van der Waals surface area contributed by atoms with Crippen molar-refractivity contribution in [3.8, 4) is 0 Å². The van der Waals surface area contributed by atoms with Crippen LogP contribution in [0, 0.1) is 0 Å². The van der Waals surface area contributed by atoms with Gasteiger partial charge in [-0.15, -0.1) is 0 Å². The van der Waals surface area contributed by atoms with E-state index in [9.17, 15) is 19.8 Å². The Morgan fingerprint density at radius 3 is 0.912 bits per heavy atom. The molecule has 1 amide bonds. The van der Waals surface area contributed by atoms with Gasteiger partial charge in [-0.2, -0.15) is 0 Å². The number of aliphatic hydroxyl groups is 2. The molecule has 2 unspecified atom stereocenters. The second kappa shape index (κ2) is 69.8. The predicted octanol–water partition coefficient (Wildman–Crippen LogP) is 23.7. The molecule has 0 aromatic heterocycles. The molecule has 0 aromatic rings. The van der Waals surface area contributed by atoms with E-state index >= 15 is 0 Å². The maximum Gasteiger partial charge on any atom is 0.305 e. The molecule has 0 aromatic carbocycles. The van der Waals surface area contributed by atoms with Crippen molar-refractivity contribution in [1.29, 1.82) is 0 Å². The van der Waals surface area contributed by atoms with Gasteiger partial charge in [-0.05, 0) is 77.0 Å².